The second-order valence-electron chi connectivity index (χ2n) is 3.40. The number of hydrogen-bond donors (Lipinski definition) is 0. The second-order valence-corrected chi connectivity index (χ2v) is 3.40. The first-order valence-electron chi connectivity index (χ1n) is 4.85. The quantitative estimate of drug-likeness (QED) is 0.461. The molecule has 0 aromatic carbocycles. The molecule has 0 N–H and O–H groups in total. The molecule has 2 unspecified atom stereocenters. The zero-order chi connectivity index (χ0) is 10.8. The first kappa shape index (κ1) is 12.8. The Labute approximate surface area is 84.1 Å². The molecule has 0 spiro atoms. The fourth-order valence-electron chi connectivity index (χ4n) is 1.20. The maximum Gasteiger partial charge on any atom is 0.235 e. The van der Waals surface area contributed by atoms with Crippen LogP contribution >= 0.6 is 0 Å². The number of rotatable bonds is 7. The monoisotopic (exact) mass is 196 g/mol. The molecule has 0 radical (unpaired) electrons. The van der Waals surface area contributed by atoms with Crippen molar-refractivity contribution in [3.8, 4) is 0 Å². The predicted molar refractivity (Wildman–Crippen MR) is 53.6 cm³/mol. The largest absolute Gasteiger partial charge is 0.235 e. The fraction of sp³-hybridized carbons (Fsp3) is 0.800. The van der Waals surface area contributed by atoms with Gasteiger partial charge in [0.15, 0.2) is 0 Å². The van der Waals surface area contributed by atoms with E-state index in [0.717, 1.165) is 19.3 Å². The Morgan fingerprint density at radius 3 is 2.43 bits per heavy atom. The third kappa shape index (κ3) is 6.30. The molecule has 0 bridgehead atoms. The minimum Gasteiger partial charge on any atom is -0.211 e. The molecule has 0 saturated carbocycles. The van der Waals surface area contributed by atoms with Gasteiger partial charge in [-0.1, -0.05) is 13.8 Å². The Kier molecular flexibility index (Phi) is 7.62. The van der Waals surface area contributed by atoms with Crippen molar-refractivity contribution in [3.63, 3.8) is 0 Å². The highest BCUT2D eigenvalue weighted by Gasteiger charge is 2.07. The van der Waals surface area contributed by atoms with Gasteiger partial charge in [-0.15, -0.1) is 0 Å². The average molecular weight is 196 g/mol. The van der Waals surface area contributed by atoms with Crippen molar-refractivity contribution in [3.05, 3.63) is 0 Å². The smallest absolute Gasteiger partial charge is 0.211 e. The molecule has 4 nitrogen and oxygen atoms in total. The molecule has 0 aliphatic heterocycles. The van der Waals surface area contributed by atoms with E-state index in [9.17, 15) is 9.59 Å². The summed E-state index contributed by atoms with van der Waals surface area (Å²) < 4.78 is 0. The van der Waals surface area contributed by atoms with Crippen LogP contribution in [0.2, 0.25) is 0 Å². The van der Waals surface area contributed by atoms with Gasteiger partial charge in [0.1, 0.15) is 0 Å². The average Bonchev–Trinajstić information content (AvgIpc) is 2.21. The summed E-state index contributed by atoms with van der Waals surface area (Å²) >= 11 is 0. The molecular weight excluding hydrogens is 180 g/mol. The van der Waals surface area contributed by atoms with E-state index in [-0.39, 0.29) is 6.04 Å². The van der Waals surface area contributed by atoms with Crippen LogP contribution in [0.25, 0.3) is 0 Å². The van der Waals surface area contributed by atoms with Gasteiger partial charge in [0.25, 0.3) is 0 Å². The van der Waals surface area contributed by atoms with Crippen molar-refractivity contribution < 1.29 is 9.59 Å². The van der Waals surface area contributed by atoms with E-state index in [4.69, 9.17) is 0 Å². The summed E-state index contributed by atoms with van der Waals surface area (Å²) in [6, 6.07) is 0.0650. The van der Waals surface area contributed by atoms with Crippen LogP contribution in [0.1, 0.15) is 33.1 Å². The molecule has 2 atom stereocenters. The third-order valence-electron chi connectivity index (χ3n) is 2.17. The summed E-state index contributed by atoms with van der Waals surface area (Å²) in [5, 5.41) is 0. The lowest BCUT2D eigenvalue weighted by molar-refractivity contribution is 0.465. The van der Waals surface area contributed by atoms with E-state index in [2.05, 4.69) is 9.98 Å². The zero-order valence-electron chi connectivity index (χ0n) is 8.69. The van der Waals surface area contributed by atoms with Crippen LogP contribution in [-0.4, -0.2) is 24.7 Å². The second kappa shape index (κ2) is 8.36. The van der Waals surface area contributed by atoms with Gasteiger partial charge in [0.2, 0.25) is 12.2 Å². The van der Waals surface area contributed by atoms with Crippen LogP contribution in [-0.2, 0) is 9.59 Å². The maximum atomic E-state index is 10.0. The van der Waals surface area contributed by atoms with Gasteiger partial charge in [0, 0.05) is 0 Å². The molecule has 0 heterocycles. The molecular formula is C10H16N2O2. The van der Waals surface area contributed by atoms with Crippen molar-refractivity contribution in [2.24, 2.45) is 15.9 Å². The molecule has 14 heavy (non-hydrogen) atoms. The van der Waals surface area contributed by atoms with Crippen LogP contribution in [0.15, 0.2) is 9.98 Å². The standard InChI is InChI=1S/C10H16N2O2/c1-3-10(12-8-14)5-4-9(2)6-11-7-13/h9-10H,3-6H2,1-2H3. The molecule has 78 valence electrons. The zero-order valence-corrected chi connectivity index (χ0v) is 8.69. The normalized spacial score (nSPS) is 13.6. The van der Waals surface area contributed by atoms with E-state index in [1.54, 1.807) is 6.08 Å². The molecule has 0 aromatic rings. The van der Waals surface area contributed by atoms with Crippen molar-refractivity contribution in [1.29, 1.82) is 0 Å². The van der Waals surface area contributed by atoms with E-state index in [1.165, 1.54) is 6.08 Å². The van der Waals surface area contributed by atoms with Gasteiger partial charge < -0.3 is 0 Å². The summed E-state index contributed by atoms with van der Waals surface area (Å²) in [6.45, 7) is 4.50. The summed E-state index contributed by atoms with van der Waals surface area (Å²) in [5.74, 6) is 0.340. The van der Waals surface area contributed by atoms with Gasteiger partial charge in [-0.3, -0.25) is 0 Å². The molecule has 0 aromatic heterocycles. The summed E-state index contributed by atoms with van der Waals surface area (Å²) in [4.78, 5) is 27.1. The Bertz CT molecular complexity index is 241. The highest BCUT2D eigenvalue weighted by atomic mass is 16.1. The highest BCUT2D eigenvalue weighted by molar-refractivity contribution is 5.33. The maximum absolute atomic E-state index is 10.0. The minimum atomic E-state index is 0.0650. The van der Waals surface area contributed by atoms with Crippen LogP contribution < -0.4 is 0 Å². The van der Waals surface area contributed by atoms with Gasteiger partial charge in [-0.2, -0.15) is 0 Å². The molecule has 0 saturated heterocycles. The van der Waals surface area contributed by atoms with Gasteiger partial charge in [-0.25, -0.2) is 19.6 Å². The van der Waals surface area contributed by atoms with Crippen molar-refractivity contribution >= 4 is 12.2 Å². The first-order valence-corrected chi connectivity index (χ1v) is 4.85. The van der Waals surface area contributed by atoms with Gasteiger partial charge in [-0.05, 0) is 25.2 Å². The van der Waals surface area contributed by atoms with Crippen LogP contribution in [0.3, 0.4) is 0 Å². The number of isocyanates is 2. The molecule has 4 heteroatoms. The lowest BCUT2D eigenvalue weighted by Crippen LogP contribution is -2.07. The summed E-state index contributed by atoms with van der Waals surface area (Å²) in [7, 11) is 0. The molecule has 0 rings (SSSR count). The van der Waals surface area contributed by atoms with E-state index >= 15 is 0 Å². The minimum absolute atomic E-state index is 0.0650. The number of nitrogens with zero attached hydrogens (tertiary/aromatic N) is 2. The summed E-state index contributed by atoms with van der Waals surface area (Å²) in [5.41, 5.74) is 0. The Balaban J connectivity index is 3.77. The molecule has 0 fully saturated rings. The molecule has 0 aliphatic carbocycles. The number of hydrogen-bond acceptors (Lipinski definition) is 4. The Morgan fingerprint density at radius 1 is 1.21 bits per heavy atom. The number of aliphatic imine (C=N–C) groups is 2. The predicted octanol–water partition coefficient (Wildman–Crippen LogP) is 1.85. The van der Waals surface area contributed by atoms with Crippen molar-refractivity contribution in [2.75, 3.05) is 6.54 Å². The van der Waals surface area contributed by atoms with Crippen LogP contribution in [0, 0.1) is 5.92 Å². The Hall–Kier alpha value is -1.24. The highest BCUT2D eigenvalue weighted by Crippen LogP contribution is 2.12. The number of carbonyl (C=O) groups excluding carboxylic acids is 2. The topological polar surface area (TPSA) is 58.9 Å². The SMILES string of the molecule is CCC(CCC(C)CN=C=O)N=C=O. The fourth-order valence-corrected chi connectivity index (χ4v) is 1.20. The Morgan fingerprint density at radius 2 is 1.93 bits per heavy atom. The first-order chi connectivity index (χ1) is 6.74. The third-order valence-corrected chi connectivity index (χ3v) is 2.17. The van der Waals surface area contributed by atoms with Gasteiger partial charge in [0.05, 0.1) is 12.6 Å². The van der Waals surface area contributed by atoms with Gasteiger partial charge >= 0.3 is 0 Å². The van der Waals surface area contributed by atoms with E-state index < -0.39 is 0 Å². The van der Waals surface area contributed by atoms with Crippen molar-refractivity contribution in [2.45, 2.75) is 39.2 Å². The molecule has 0 aliphatic rings. The van der Waals surface area contributed by atoms with E-state index in [0.29, 0.717) is 12.5 Å². The molecule has 0 amide bonds. The lowest BCUT2D eigenvalue weighted by atomic mass is 10.0. The summed E-state index contributed by atoms with van der Waals surface area (Å²) in [6.07, 6.45) is 5.70. The van der Waals surface area contributed by atoms with Crippen LogP contribution in [0.4, 0.5) is 0 Å². The van der Waals surface area contributed by atoms with Crippen LogP contribution in [0.5, 0.6) is 0 Å². The van der Waals surface area contributed by atoms with Crippen molar-refractivity contribution in [1.82, 2.24) is 0 Å². The van der Waals surface area contributed by atoms with E-state index in [1.807, 2.05) is 13.8 Å². The lowest BCUT2D eigenvalue weighted by Gasteiger charge is -2.10.